The lowest BCUT2D eigenvalue weighted by Gasteiger charge is -2.15. The Kier molecular flexibility index (Phi) is 6.02. The number of aryl methyl sites for hydroxylation is 1. The van der Waals surface area contributed by atoms with Crippen molar-refractivity contribution < 1.29 is 9.69 Å². The third-order valence-electron chi connectivity index (χ3n) is 4.83. The summed E-state index contributed by atoms with van der Waals surface area (Å²) in [6, 6.07) is 18.7. The van der Waals surface area contributed by atoms with E-state index in [-0.39, 0.29) is 5.91 Å². The van der Waals surface area contributed by atoms with Crippen molar-refractivity contribution in [3.8, 4) is 0 Å². The van der Waals surface area contributed by atoms with Gasteiger partial charge in [-0.3, -0.25) is 4.79 Å². The summed E-state index contributed by atoms with van der Waals surface area (Å²) in [6.45, 7) is 4.27. The molecule has 1 heterocycles. The van der Waals surface area contributed by atoms with Gasteiger partial charge in [-0.2, -0.15) is 0 Å². The van der Waals surface area contributed by atoms with Crippen LogP contribution in [0.2, 0.25) is 0 Å². The van der Waals surface area contributed by atoms with E-state index < -0.39 is 0 Å². The normalized spacial score (nSPS) is 14.7. The molecule has 1 fully saturated rings. The molecule has 2 N–H and O–H groups in total. The zero-order valence-corrected chi connectivity index (χ0v) is 14.3. The molecule has 0 aromatic heterocycles. The molecule has 126 valence electrons. The lowest BCUT2D eigenvalue weighted by molar-refractivity contribution is -0.901. The van der Waals surface area contributed by atoms with Crippen LogP contribution in [-0.4, -0.2) is 19.0 Å². The van der Waals surface area contributed by atoms with Gasteiger partial charge in [-0.05, 0) is 17.5 Å². The minimum Gasteiger partial charge on any atom is -0.352 e. The Bertz CT molecular complexity index is 648. The SMILES string of the molecule is O=C(CCc1ccccc1)NCc1ccccc1C[NH+]1CCCC1. The Morgan fingerprint density at radius 3 is 2.33 bits per heavy atom. The van der Waals surface area contributed by atoms with Gasteiger partial charge in [-0.15, -0.1) is 0 Å². The summed E-state index contributed by atoms with van der Waals surface area (Å²) in [5.74, 6) is 0.127. The van der Waals surface area contributed by atoms with Gasteiger partial charge < -0.3 is 10.2 Å². The number of likely N-dealkylation sites (tertiary alicyclic amines) is 1. The van der Waals surface area contributed by atoms with Gasteiger partial charge in [0.1, 0.15) is 6.54 Å². The molecule has 3 heteroatoms. The minimum atomic E-state index is 0.127. The van der Waals surface area contributed by atoms with Crippen LogP contribution in [0.3, 0.4) is 0 Å². The molecule has 0 unspecified atom stereocenters. The van der Waals surface area contributed by atoms with Gasteiger partial charge in [0.2, 0.25) is 5.91 Å². The van der Waals surface area contributed by atoms with E-state index in [1.165, 1.54) is 42.6 Å². The highest BCUT2D eigenvalue weighted by molar-refractivity contribution is 5.76. The van der Waals surface area contributed by atoms with Crippen LogP contribution in [0.25, 0.3) is 0 Å². The molecule has 0 saturated carbocycles. The average molecular weight is 323 g/mol. The first-order valence-corrected chi connectivity index (χ1v) is 9.02. The first kappa shape index (κ1) is 16.7. The molecule has 3 rings (SSSR count). The van der Waals surface area contributed by atoms with E-state index in [1.54, 1.807) is 4.90 Å². The Hall–Kier alpha value is -2.13. The first-order chi connectivity index (χ1) is 11.8. The second-order valence-corrected chi connectivity index (χ2v) is 6.66. The maximum absolute atomic E-state index is 12.1. The molecule has 0 bridgehead atoms. The quantitative estimate of drug-likeness (QED) is 0.804. The van der Waals surface area contributed by atoms with Crippen LogP contribution in [0, 0.1) is 0 Å². The topological polar surface area (TPSA) is 33.5 Å². The number of benzene rings is 2. The van der Waals surface area contributed by atoms with Gasteiger partial charge in [0.25, 0.3) is 0 Å². The second-order valence-electron chi connectivity index (χ2n) is 6.66. The minimum absolute atomic E-state index is 0.127. The number of quaternary nitrogens is 1. The van der Waals surface area contributed by atoms with Crippen LogP contribution in [0.15, 0.2) is 54.6 Å². The van der Waals surface area contributed by atoms with Gasteiger partial charge in [-0.1, -0.05) is 54.6 Å². The number of carbonyl (C=O) groups excluding carboxylic acids is 1. The Balaban J connectivity index is 1.49. The van der Waals surface area contributed by atoms with Crippen molar-refractivity contribution in [1.29, 1.82) is 0 Å². The van der Waals surface area contributed by atoms with Gasteiger partial charge in [0, 0.05) is 31.4 Å². The fourth-order valence-electron chi connectivity index (χ4n) is 3.41. The summed E-state index contributed by atoms with van der Waals surface area (Å²) < 4.78 is 0. The monoisotopic (exact) mass is 323 g/mol. The van der Waals surface area contributed by atoms with Crippen molar-refractivity contribution in [3.05, 3.63) is 71.3 Å². The van der Waals surface area contributed by atoms with Crippen molar-refractivity contribution >= 4 is 5.91 Å². The number of carbonyl (C=O) groups is 1. The molecule has 0 radical (unpaired) electrons. The summed E-state index contributed by atoms with van der Waals surface area (Å²) in [5, 5.41) is 3.09. The summed E-state index contributed by atoms with van der Waals surface area (Å²) >= 11 is 0. The third-order valence-corrected chi connectivity index (χ3v) is 4.83. The van der Waals surface area contributed by atoms with Crippen LogP contribution in [-0.2, 0) is 24.3 Å². The molecule has 1 amide bonds. The molecule has 24 heavy (non-hydrogen) atoms. The number of nitrogens with one attached hydrogen (secondary N) is 2. The van der Waals surface area contributed by atoms with Crippen molar-refractivity contribution in [2.45, 2.75) is 38.8 Å². The van der Waals surface area contributed by atoms with Crippen LogP contribution >= 0.6 is 0 Å². The first-order valence-electron chi connectivity index (χ1n) is 9.02. The number of amides is 1. The molecular formula is C21H27N2O+. The van der Waals surface area contributed by atoms with Crippen molar-refractivity contribution in [1.82, 2.24) is 5.32 Å². The highest BCUT2D eigenvalue weighted by Crippen LogP contribution is 2.09. The fraction of sp³-hybridized carbons (Fsp3) is 0.381. The fourth-order valence-corrected chi connectivity index (χ4v) is 3.41. The van der Waals surface area contributed by atoms with E-state index >= 15 is 0 Å². The summed E-state index contributed by atoms with van der Waals surface area (Å²) in [4.78, 5) is 13.8. The van der Waals surface area contributed by atoms with Gasteiger partial charge in [0.05, 0.1) is 13.1 Å². The zero-order valence-electron chi connectivity index (χ0n) is 14.3. The summed E-state index contributed by atoms with van der Waals surface area (Å²) in [6.07, 6.45) is 4.03. The molecule has 0 atom stereocenters. The lowest BCUT2D eigenvalue weighted by atomic mass is 10.1. The predicted molar refractivity (Wildman–Crippen MR) is 96.7 cm³/mol. The van der Waals surface area contributed by atoms with E-state index in [0.29, 0.717) is 13.0 Å². The molecule has 1 aliphatic heterocycles. The summed E-state index contributed by atoms with van der Waals surface area (Å²) in [5.41, 5.74) is 3.84. The number of hydrogen-bond acceptors (Lipinski definition) is 1. The van der Waals surface area contributed by atoms with E-state index in [9.17, 15) is 4.79 Å². The van der Waals surface area contributed by atoms with Crippen LogP contribution in [0.4, 0.5) is 0 Å². The molecule has 3 nitrogen and oxygen atoms in total. The number of rotatable bonds is 7. The molecular weight excluding hydrogens is 296 g/mol. The Labute approximate surface area is 144 Å². The Morgan fingerprint density at radius 1 is 0.917 bits per heavy atom. The van der Waals surface area contributed by atoms with E-state index in [2.05, 4.69) is 41.7 Å². The van der Waals surface area contributed by atoms with Crippen LogP contribution < -0.4 is 10.2 Å². The lowest BCUT2D eigenvalue weighted by Crippen LogP contribution is -3.08. The molecule has 2 aromatic rings. The van der Waals surface area contributed by atoms with Gasteiger partial charge in [-0.25, -0.2) is 0 Å². The molecule has 0 spiro atoms. The average Bonchev–Trinajstić information content (AvgIpc) is 3.13. The van der Waals surface area contributed by atoms with E-state index in [4.69, 9.17) is 0 Å². The largest absolute Gasteiger partial charge is 0.352 e. The van der Waals surface area contributed by atoms with Gasteiger partial charge >= 0.3 is 0 Å². The molecule has 0 aliphatic carbocycles. The maximum Gasteiger partial charge on any atom is 0.220 e. The second kappa shape index (κ2) is 8.65. The van der Waals surface area contributed by atoms with E-state index in [0.717, 1.165) is 13.0 Å². The van der Waals surface area contributed by atoms with Crippen molar-refractivity contribution in [3.63, 3.8) is 0 Å². The van der Waals surface area contributed by atoms with Crippen molar-refractivity contribution in [2.75, 3.05) is 13.1 Å². The molecule has 1 aliphatic rings. The predicted octanol–water partition coefficient (Wildman–Crippen LogP) is 2.11. The highest BCUT2D eigenvalue weighted by atomic mass is 16.1. The van der Waals surface area contributed by atoms with Crippen LogP contribution in [0.5, 0.6) is 0 Å². The maximum atomic E-state index is 12.1. The highest BCUT2D eigenvalue weighted by Gasteiger charge is 2.17. The molecule has 1 saturated heterocycles. The van der Waals surface area contributed by atoms with Gasteiger partial charge in [0.15, 0.2) is 0 Å². The van der Waals surface area contributed by atoms with Crippen molar-refractivity contribution in [2.24, 2.45) is 0 Å². The third kappa shape index (κ3) is 4.93. The van der Waals surface area contributed by atoms with E-state index in [1.807, 2.05) is 18.2 Å². The Morgan fingerprint density at radius 2 is 1.58 bits per heavy atom. The number of hydrogen-bond donors (Lipinski definition) is 2. The summed E-state index contributed by atoms with van der Waals surface area (Å²) in [7, 11) is 0. The molecule has 2 aromatic carbocycles. The zero-order chi connectivity index (χ0) is 16.6. The standard InChI is InChI=1S/C21H26N2O/c24-21(13-12-18-8-2-1-3-9-18)22-16-19-10-4-5-11-20(19)17-23-14-6-7-15-23/h1-5,8-11H,6-7,12-17H2,(H,22,24)/p+1. The van der Waals surface area contributed by atoms with Crippen LogP contribution in [0.1, 0.15) is 36.0 Å². The smallest absolute Gasteiger partial charge is 0.220 e.